The van der Waals surface area contributed by atoms with Crippen LogP contribution in [-0.4, -0.2) is 76.7 Å². The molecule has 0 radical (unpaired) electrons. The quantitative estimate of drug-likeness (QED) is 0.799. The van der Waals surface area contributed by atoms with Crippen molar-refractivity contribution in [3.8, 4) is 0 Å². The van der Waals surface area contributed by atoms with Crippen molar-refractivity contribution in [1.29, 1.82) is 0 Å². The van der Waals surface area contributed by atoms with Crippen LogP contribution in [0.4, 0.5) is 0 Å². The van der Waals surface area contributed by atoms with E-state index < -0.39 is 0 Å². The molecule has 2 aliphatic rings. The van der Waals surface area contributed by atoms with E-state index in [1.807, 2.05) is 46.0 Å². The summed E-state index contributed by atoms with van der Waals surface area (Å²) in [5, 5.41) is 13.3. The minimum Gasteiger partial charge on any atom is -0.348 e. The summed E-state index contributed by atoms with van der Waals surface area (Å²) in [6.45, 7) is 3.67. The largest absolute Gasteiger partial charge is 0.348 e. The third-order valence-electron chi connectivity index (χ3n) is 6.08. The van der Waals surface area contributed by atoms with Crippen LogP contribution in [0.5, 0.6) is 0 Å². The maximum atomic E-state index is 12.7. The first kappa shape index (κ1) is 20.0. The Balaban J connectivity index is 1.41. The van der Waals surface area contributed by atoms with E-state index in [0.717, 1.165) is 62.6 Å². The summed E-state index contributed by atoms with van der Waals surface area (Å²) in [6.07, 6.45) is 3.71. The Morgan fingerprint density at radius 3 is 2.83 bits per heavy atom. The molecule has 0 bridgehead atoms. The van der Waals surface area contributed by atoms with E-state index in [9.17, 15) is 9.59 Å². The molecule has 4 heterocycles. The summed E-state index contributed by atoms with van der Waals surface area (Å²) in [5.74, 6) is 1.26. The number of carbonyl (C=O) groups excluding carboxylic acids is 2. The van der Waals surface area contributed by atoms with Crippen LogP contribution in [0.3, 0.4) is 0 Å². The molecule has 1 spiro atoms. The second kappa shape index (κ2) is 8.23. The molecule has 156 valence electrons. The van der Waals surface area contributed by atoms with Crippen molar-refractivity contribution in [2.75, 3.05) is 40.3 Å². The van der Waals surface area contributed by atoms with E-state index in [2.05, 4.69) is 15.5 Å². The van der Waals surface area contributed by atoms with Crippen molar-refractivity contribution in [2.24, 2.45) is 5.41 Å². The molecule has 1 fully saturated rings. The molecule has 0 aliphatic carbocycles. The molecule has 9 heteroatoms. The number of aryl methyl sites for hydroxylation is 1. The number of carbonyl (C=O) groups is 2. The first-order valence-electron chi connectivity index (χ1n) is 10.2. The van der Waals surface area contributed by atoms with Gasteiger partial charge in [0.15, 0.2) is 0 Å². The van der Waals surface area contributed by atoms with Gasteiger partial charge in [0.1, 0.15) is 5.82 Å². The first-order chi connectivity index (χ1) is 14.0. The molecular weight excluding hydrogens is 388 g/mol. The maximum Gasteiger partial charge on any atom is 0.289 e. The average Bonchev–Trinajstić information content (AvgIpc) is 3.42. The van der Waals surface area contributed by atoms with Crippen molar-refractivity contribution in [2.45, 2.75) is 32.2 Å². The van der Waals surface area contributed by atoms with Crippen LogP contribution in [-0.2, 0) is 13.0 Å². The zero-order chi connectivity index (χ0) is 20.4. The van der Waals surface area contributed by atoms with Gasteiger partial charge >= 0.3 is 0 Å². The molecule has 0 saturated carbocycles. The van der Waals surface area contributed by atoms with Crippen LogP contribution in [0.2, 0.25) is 0 Å². The number of aromatic nitrogens is 3. The van der Waals surface area contributed by atoms with E-state index >= 15 is 0 Å². The standard InChI is InChI=1S/C20H28N6O2S/c1-24(2)12-9-21-18(27)17-23-22-16-5-6-20(8-11-26(16)17)7-10-25(14-20)19(28)15-4-3-13-29-15/h3-4,13H,5-12,14H2,1-2H3,(H,21,27)/t20-/m1/s1. The molecule has 1 N–H and O–H groups in total. The van der Waals surface area contributed by atoms with E-state index in [4.69, 9.17) is 0 Å². The summed E-state index contributed by atoms with van der Waals surface area (Å²) in [6, 6.07) is 3.82. The third kappa shape index (κ3) is 4.20. The minimum absolute atomic E-state index is 0.103. The number of fused-ring (bicyclic) bond motifs is 1. The van der Waals surface area contributed by atoms with Gasteiger partial charge in [-0.2, -0.15) is 0 Å². The van der Waals surface area contributed by atoms with Gasteiger partial charge in [-0.15, -0.1) is 21.5 Å². The van der Waals surface area contributed by atoms with Gasteiger partial charge in [0, 0.05) is 39.1 Å². The van der Waals surface area contributed by atoms with Crippen molar-refractivity contribution < 1.29 is 9.59 Å². The van der Waals surface area contributed by atoms with Gasteiger partial charge in [0.2, 0.25) is 5.82 Å². The molecule has 4 rings (SSSR count). The third-order valence-corrected chi connectivity index (χ3v) is 6.94. The Morgan fingerprint density at radius 2 is 2.07 bits per heavy atom. The van der Waals surface area contributed by atoms with Crippen molar-refractivity contribution in [3.05, 3.63) is 34.0 Å². The lowest BCUT2D eigenvalue weighted by molar-refractivity contribution is 0.0772. The summed E-state index contributed by atoms with van der Waals surface area (Å²) in [7, 11) is 3.95. The Kier molecular flexibility index (Phi) is 5.69. The van der Waals surface area contributed by atoms with Crippen molar-refractivity contribution in [1.82, 2.24) is 29.9 Å². The Morgan fingerprint density at radius 1 is 1.24 bits per heavy atom. The Bertz CT molecular complexity index is 878. The molecular formula is C20H28N6O2S. The fraction of sp³-hybridized carbons (Fsp3) is 0.600. The number of likely N-dealkylation sites (N-methyl/N-ethyl adjacent to an activating group) is 1. The van der Waals surface area contributed by atoms with Gasteiger partial charge < -0.3 is 19.7 Å². The number of rotatable bonds is 5. The lowest BCUT2D eigenvalue weighted by Crippen LogP contribution is -2.33. The van der Waals surface area contributed by atoms with Gasteiger partial charge in [0.05, 0.1) is 4.88 Å². The summed E-state index contributed by atoms with van der Waals surface area (Å²) in [4.78, 5) is 30.1. The number of nitrogens with one attached hydrogen (secondary N) is 1. The maximum absolute atomic E-state index is 12.7. The zero-order valence-corrected chi connectivity index (χ0v) is 17.9. The molecule has 0 aromatic carbocycles. The van der Waals surface area contributed by atoms with Crippen molar-refractivity contribution >= 4 is 23.2 Å². The van der Waals surface area contributed by atoms with Crippen LogP contribution in [0.15, 0.2) is 17.5 Å². The molecule has 1 atom stereocenters. The topological polar surface area (TPSA) is 83.4 Å². The molecule has 2 aromatic rings. The lowest BCUT2D eigenvalue weighted by atomic mass is 9.80. The van der Waals surface area contributed by atoms with E-state index in [-0.39, 0.29) is 17.2 Å². The highest BCUT2D eigenvalue weighted by Gasteiger charge is 2.41. The highest BCUT2D eigenvalue weighted by Crippen LogP contribution is 2.41. The molecule has 2 aromatic heterocycles. The predicted octanol–water partition coefficient (Wildman–Crippen LogP) is 1.50. The van der Waals surface area contributed by atoms with E-state index in [0.29, 0.717) is 12.4 Å². The number of hydrogen-bond donors (Lipinski definition) is 1. The Labute approximate surface area is 174 Å². The molecule has 0 unspecified atom stereocenters. The van der Waals surface area contributed by atoms with Gasteiger partial charge in [0.25, 0.3) is 11.8 Å². The number of hydrogen-bond acceptors (Lipinski definition) is 6. The molecule has 29 heavy (non-hydrogen) atoms. The molecule has 1 saturated heterocycles. The van der Waals surface area contributed by atoms with Crippen LogP contribution < -0.4 is 5.32 Å². The first-order valence-corrected chi connectivity index (χ1v) is 11.0. The van der Waals surface area contributed by atoms with Crippen LogP contribution in [0.1, 0.15) is 45.4 Å². The molecule has 8 nitrogen and oxygen atoms in total. The summed E-state index contributed by atoms with van der Waals surface area (Å²) < 4.78 is 1.98. The van der Waals surface area contributed by atoms with Gasteiger partial charge in [-0.1, -0.05) is 6.07 Å². The lowest BCUT2D eigenvalue weighted by Gasteiger charge is -2.27. The van der Waals surface area contributed by atoms with Gasteiger partial charge in [-0.05, 0) is 50.2 Å². The minimum atomic E-state index is -0.164. The second-order valence-corrected chi connectivity index (χ2v) is 9.30. The highest BCUT2D eigenvalue weighted by molar-refractivity contribution is 7.12. The monoisotopic (exact) mass is 416 g/mol. The number of nitrogens with zero attached hydrogens (tertiary/aromatic N) is 5. The normalized spacial score (nSPS) is 21.4. The Hall–Kier alpha value is -2.26. The van der Waals surface area contributed by atoms with E-state index in [1.54, 1.807) is 0 Å². The van der Waals surface area contributed by atoms with Crippen LogP contribution in [0, 0.1) is 5.41 Å². The number of thiophene rings is 1. The van der Waals surface area contributed by atoms with Crippen LogP contribution in [0.25, 0.3) is 0 Å². The zero-order valence-electron chi connectivity index (χ0n) is 17.1. The summed E-state index contributed by atoms with van der Waals surface area (Å²) >= 11 is 1.50. The van der Waals surface area contributed by atoms with Crippen molar-refractivity contribution in [3.63, 3.8) is 0 Å². The fourth-order valence-electron chi connectivity index (χ4n) is 4.32. The molecule has 2 amide bonds. The fourth-order valence-corrected chi connectivity index (χ4v) is 5.01. The van der Waals surface area contributed by atoms with Crippen LogP contribution >= 0.6 is 11.3 Å². The highest BCUT2D eigenvalue weighted by atomic mass is 32.1. The predicted molar refractivity (Wildman–Crippen MR) is 111 cm³/mol. The van der Waals surface area contributed by atoms with Gasteiger partial charge in [-0.3, -0.25) is 9.59 Å². The average molecular weight is 417 g/mol. The number of amides is 2. The van der Waals surface area contributed by atoms with Gasteiger partial charge in [-0.25, -0.2) is 0 Å². The van der Waals surface area contributed by atoms with E-state index in [1.165, 1.54) is 11.3 Å². The summed E-state index contributed by atoms with van der Waals surface area (Å²) in [5.41, 5.74) is 0.103. The number of likely N-dealkylation sites (tertiary alicyclic amines) is 1. The SMILES string of the molecule is CN(C)CCNC(=O)c1nnc2n1CC[C@@]1(CC2)CCN(C(=O)c2cccs2)C1. The molecule has 2 aliphatic heterocycles. The second-order valence-electron chi connectivity index (χ2n) is 8.35. The smallest absolute Gasteiger partial charge is 0.289 e.